The van der Waals surface area contributed by atoms with Crippen molar-refractivity contribution in [3.8, 4) is 0 Å². The third kappa shape index (κ3) is 5.17. The smallest absolute Gasteiger partial charge is 0.303 e. The summed E-state index contributed by atoms with van der Waals surface area (Å²) in [6.45, 7) is 4.05. The summed E-state index contributed by atoms with van der Waals surface area (Å²) in [4.78, 5) is 24.0. The predicted octanol–water partition coefficient (Wildman–Crippen LogP) is 1.27. The Labute approximate surface area is 102 Å². The van der Waals surface area contributed by atoms with Gasteiger partial charge in [0, 0.05) is 32.5 Å². The third-order valence-corrected chi connectivity index (χ3v) is 2.91. The van der Waals surface area contributed by atoms with Crippen LogP contribution in [0, 0.1) is 0 Å². The molecule has 98 valence electrons. The number of hydrogen-bond donors (Lipinski definition) is 1. The van der Waals surface area contributed by atoms with Crippen LogP contribution in [0.25, 0.3) is 0 Å². The molecule has 0 aromatic carbocycles. The maximum atomic E-state index is 11.8. The SMILES string of the molecule is CCOC1CCCN(C(=O)CCCC(=O)O)C1. The Hall–Kier alpha value is -1.10. The van der Waals surface area contributed by atoms with Gasteiger partial charge in [-0.2, -0.15) is 0 Å². The van der Waals surface area contributed by atoms with Crippen molar-refractivity contribution >= 4 is 11.9 Å². The van der Waals surface area contributed by atoms with Crippen LogP contribution in [0.2, 0.25) is 0 Å². The normalized spacial score (nSPS) is 20.3. The highest BCUT2D eigenvalue weighted by molar-refractivity contribution is 5.77. The lowest BCUT2D eigenvalue weighted by atomic mass is 10.1. The molecular formula is C12H21NO4. The summed E-state index contributed by atoms with van der Waals surface area (Å²) in [5.41, 5.74) is 0. The maximum absolute atomic E-state index is 11.8. The summed E-state index contributed by atoms with van der Waals surface area (Å²) in [5.74, 6) is -0.792. The second-order valence-corrected chi connectivity index (χ2v) is 4.31. The van der Waals surface area contributed by atoms with E-state index in [4.69, 9.17) is 9.84 Å². The van der Waals surface area contributed by atoms with Crippen molar-refractivity contribution in [2.45, 2.75) is 45.1 Å². The van der Waals surface area contributed by atoms with Crippen molar-refractivity contribution in [2.75, 3.05) is 19.7 Å². The Morgan fingerprint density at radius 1 is 1.41 bits per heavy atom. The van der Waals surface area contributed by atoms with E-state index in [1.807, 2.05) is 6.92 Å². The quantitative estimate of drug-likeness (QED) is 0.763. The average Bonchev–Trinajstić information content (AvgIpc) is 2.29. The van der Waals surface area contributed by atoms with Crippen LogP contribution in [-0.4, -0.2) is 47.7 Å². The number of nitrogens with zero attached hydrogens (tertiary/aromatic N) is 1. The Balaban J connectivity index is 2.28. The second kappa shape index (κ2) is 7.27. The number of likely N-dealkylation sites (tertiary alicyclic amines) is 1. The van der Waals surface area contributed by atoms with Crippen LogP contribution < -0.4 is 0 Å². The minimum atomic E-state index is -0.844. The van der Waals surface area contributed by atoms with Gasteiger partial charge in [-0.1, -0.05) is 0 Å². The zero-order chi connectivity index (χ0) is 12.7. The number of hydrogen-bond acceptors (Lipinski definition) is 3. The summed E-state index contributed by atoms with van der Waals surface area (Å²) in [6.07, 6.45) is 2.93. The number of carbonyl (C=O) groups is 2. The van der Waals surface area contributed by atoms with Crippen molar-refractivity contribution in [3.05, 3.63) is 0 Å². The molecule has 0 spiro atoms. The van der Waals surface area contributed by atoms with Gasteiger partial charge in [-0.05, 0) is 26.2 Å². The zero-order valence-corrected chi connectivity index (χ0v) is 10.4. The van der Waals surface area contributed by atoms with E-state index in [-0.39, 0.29) is 18.4 Å². The molecule has 0 aliphatic carbocycles. The summed E-state index contributed by atoms with van der Waals surface area (Å²) >= 11 is 0. The van der Waals surface area contributed by atoms with E-state index in [0.717, 1.165) is 19.4 Å². The molecule has 0 aromatic rings. The first-order chi connectivity index (χ1) is 8.13. The Bertz CT molecular complexity index is 265. The van der Waals surface area contributed by atoms with Gasteiger partial charge in [0.05, 0.1) is 6.10 Å². The van der Waals surface area contributed by atoms with Gasteiger partial charge >= 0.3 is 5.97 Å². The fraction of sp³-hybridized carbons (Fsp3) is 0.833. The van der Waals surface area contributed by atoms with E-state index in [9.17, 15) is 9.59 Å². The number of carbonyl (C=O) groups excluding carboxylic acids is 1. The number of amides is 1. The monoisotopic (exact) mass is 243 g/mol. The lowest BCUT2D eigenvalue weighted by Crippen LogP contribution is -2.43. The Morgan fingerprint density at radius 2 is 2.18 bits per heavy atom. The molecule has 5 nitrogen and oxygen atoms in total. The van der Waals surface area contributed by atoms with Crippen LogP contribution in [0.15, 0.2) is 0 Å². The maximum Gasteiger partial charge on any atom is 0.303 e. The molecule has 1 rings (SSSR count). The number of piperidine rings is 1. The lowest BCUT2D eigenvalue weighted by Gasteiger charge is -2.32. The van der Waals surface area contributed by atoms with Gasteiger partial charge in [0.25, 0.3) is 0 Å². The van der Waals surface area contributed by atoms with Gasteiger partial charge < -0.3 is 14.7 Å². The highest BCUT2D eigenvalue weighted by Gasteiger charge is 2.23. The predicted molar refractivity (Wildman–Crippen MR) is 62.7 cm³/mol. The molecule has 1 N–H and O–H groups in total. The molecule has 1 unspecified atom stereocenters. The second-order valence-electron chi connectivity index (χ2n) is 4.31. The summed E-state index contributed by atoms with van der Waals surface area (Å²) in [7, 11) is 0. The van der Waals surface area contributed by atoms with Gasteiger partial charge in [0.15, 0.2) is 0 Å². The Kier molecular flexibility index (Phi) is 5.97. The van der Waals surface area contributed by atoms with Gasteiger partial charge in [0.1, 0.15) is 0 Å². The number of ether oxygens (including phenoxy) is 1. The van der Waals surface area contributed by atoms with Crippen LogP contribution in [0.5, 0.6) is 0 Å². The molecule has 0 aromatic heterocycles. The molecule has 1 aliphatic heterocycles. The first-order valence-corrected chi connectivity index (χ1v) is 6.24. The molecule has 1 fully saturated rings. The molecule has 0 bridgehead atoms. The highest BCUT2D eigenvalue weighted by Crippen LogP contribution is 2.14. The molecule has 0 radical (unpaired) electrons. The number of aliphatic carboxylic acids is 1. The van der Waals surface area contributed by atoms with Gasteiger partial charge in [-0.25, -0.2) is 0 Å². The summed E-state index contributed by atoms with van der Waals surface area (Å²) < 4.78 is 5.52. The highest BCUT2D eigenvalue weighted by atomic mass is 16.5. The average molecular weight is 243 g/mol. The van der Waals surface area contributed by atoms with E-state index in [2.05, 4.69) is 0 Å². The number of carboxylic acid groups (broad SMARTS) is 1. The standard InChI is InChI=1S/C12H21NO4/c1-2-17-10-5-4-8-13(9-10)11(14)6-3-7-12(15)16/h10H,2-9H2,1H3,(H,15,16). The summed E-state index contributed by atoms with van der Waals surface area (Å²) in [6, 6.07) is 0. The van der Waals surface area contributed by atoms with Crippen LogP contribution in [0.1, 0.15) is 39.0 Å². The van der Waals surface area contributed by atoms with Crippen molar-refractivity contribution in [1.29, 1.82) is 0 Å². The first-order valence-electron chi connectivity index (χ1n) is 6.24. The molecule has 17 heavy (non-hydrogen) atoms. The lowest BCUT2D eigenvalue weighted by molar-refractivity contribution is -0.138. The molecule has 1 heterocycles. The van der Waals surface area contributed by atoms with Gasteiger partial charge in [0.2, 0.25) is 5.91 Å². The van der Waals surface area contributed by atoms with Gasteiger partial charge in [-0.3, -0.25) is 9.59 Å². The van der Waals surface area contributed by atoms with Gasteiger partial charge in [-0.15, -0.1) is 0 Å². The van der Waals surface area contributed by atoms with Crippen LogP contribution in [-0.2, 0) is 14.3 Å². The number of rotatable bonds is 6. The third-order valence-electron chi connectivity index (χ3n) is 2.91. The molecule has 1 aliphatic rings. The molecular weight excluding hydrogens is 222 g/mol. The van der Waals surface area contributed by atoms with E-state index < -0.39 is 5.97 Å². The molecule has 1 atom stereocenters. The largest absolute Gasteiger partial charge is 0.481 e. The van der Waals surface area contributed by atoms with Crippen molar-refractivity contribution in [3.63, 3.8) is 0 Å². The van der Waals surface area contributed by atoms with Crippen LogP contribution >= 0.6 is 0 Å². The fourth-order valence-corrected chi connectivity index (χ4v) is 2.09. The minimum absolute atomic E-state index is 0.0515. The van der Waals surface area contributed by atoms with Crippen molar-refractivity contribution in [1.82, 2.24) is 4.90 Å². The molecule has 1 amide bonds. The minimum Gasteiger partial charge on any atom is -0.481 e. The molecule has 0 saturated carbocycles. The molecule has 1 saturated heterocycles. The van der Waals surface area contributed by atoms with E-state index in [0.29, 0.717) is 26.0 Å². The van der Waals surface area contributed by atoms with E-state index in [1.54, 1.807) is 4.90 Å². The first kappa shape index (κ1) is 14.0. The topological polar surface area (TPSA) is 66.8 Å². The zero-order valence-electron chi connectivity index (χ0n) is 10.4. The Morgan fingerprint density at radius 3 is 2.82 bits per heavy atom. The molecule has 5 heteroatoms. The van der Waals surface area contributed by atoms with Crippen LogP contribution in [0.3, 0.4) is 0 Å². The van der Waals surface area contributed by atoms with E-state index in [1.165, 1.54) is 0 Å². The number of carboxylic acids is 1. The fourth-order valence-electron chi connectivity index (χ4n) is 2.09. The van der Waals surface area contributed by atoms with Crippen molar-refractivity contribution < 1.29 is 19.4 Å². The van der Waals surface area contributed by atoms with E-state index >= 15 is 0 Å². The summed E-state index contributed by atoms with van der Waals surface area (Å²) in [5, 5.41) is 8.50. The van der Waals surface area contributed by atoms with Crippen LogP contribution in [0.4, 0.5) is 0 Å². The van der Waals surface area contributed by atoms with Crippen molar-refractivity contribution in [2.24, 2.45) is 0 Å².